The molecule has 25 heavy (non-hydrogen) atoms. The largest absolute Gasteiger partial charge is 0.388 e. The molecule has 1 aromatic rings. The molecule has 146 valence electrons. The topological polar surface area (TPSA) is 65.7 Å². The van der Waals surface area contributed by atoms with Crippen molar-refractivity contribution in [3.05, 3.63) is 17.5 Å². The van der Waals surface area contributed by atoms with Crippen molar-refractivity contribution in [2.24, 2.45) is 12.0 Å². The molecule has 0 fully saturated rings. The molecule has 0 aromatic carbocycles. The third kappa shape index (κ3) is 7.13. The molecule has 0 aliphatic rings. The Kier molecular flexibility index (Phi) is 10.6. The Morgan fingerprint density at radius 3 is 2.44 bits per heavy atom. The van der Waals surface area contributed by atoms with Gasteiger partial charge in [-0.05, 0) is 25.7 Å². The number of nitrogens with one attached hydrogen (secondary N) is 1. The minimum absolute atomic E-state index is 0. The molecular weight excluding hydrogens is 429 g/mol. The third-order valence-electron chi connectivity index (χ3n) is 4.43. The summed E-state index contributed by atoms with van der Waals surface area (Å²) >= 11 is 0. The van der Waals surface area contributed by atoms with Crippen LogP contribution in [0.15, 0.2) is 11.2 Å². The lowest BCUT2D eigenvalue weighted by molar-refractivity contribution is 0.0416. The first-order chi connectivity index (χ1) is 11.3. The minimum Gasteiger partial charge on any atom is -0.388 e. The van der Waals surface area contributed by atoms with Crippen LogP contribution in [0, 0.1) is 0 Å². The number of hydrogen-bond donors (Lipinski definition) is 2. The van der Waals surface area contributed by atoms with E-state index >= 15 is 0 Å². The van der Waals surface area contributed by atoms with Gasteiger partial charge in [0.05, 0.1) is 17.8 Å². The highest BCUT2D eigenvalue weighted by atomic mass is 127. The highest BCUT2D eigenvalue weighted by Gasteiger charge is 2.22. The van der Waals surface area contributed by atoms with Crippen LogP contribution < -0.4 is 5.32 Å². The molecule has 1 aromatic heterocycles. The maximum absolute atomic E-state index is 10.5. The zero-order chi connectivity index (χ0) is 18.3. The van der Waals surface area contributed by atoms with E-state index in [1.54, 1.807) is 0 Å². The summed E-state index contributed by atoms with van der Waals surface area (Å²) < 4.78 is 1.87. The lowest BCUT2D eigenvalue weighted by atomic mass is 9.98. The summed E-state index contributed by atoms with van der Waals surface area (Å²) in [7, 11) is 3.98. The van der Waals surface area contributed by atoms with E-state index < -0.39 is 5.60 Å². The first kappa shape index (κ1) is 24.2. The van der Waals surface area contributed by atoms with Gasteiger partial charge in [-0.15, -0.1) is 24.0 Å². The Hall–Kier alpha value is -0.830. The van der Waals surface area contributed by atoms with Gasteiger partial charge >= 0.3 is 0 Å². The summed E-state index contributed by atoms with van der Waals surface area (Å²) in [5, 5.41) is 18.4. The summed E-state index contributed by atoms with van der Waals surface area (Å²) in [6.07, 6.45) is 3.48. The number of aliphatic imine (C=N–C) groups is 1. The molecule has 1 heterocycles. The number of aryl methyl sites for hydroxylation is 1. The molecule has 0 unspecified atom stereocenters. The summed E-state index contributed by atoms with van der Waals surface area (Å²) in [5.74, 6) is 1.20. The van der Waals surface area contributed by atoms with Gasteiger partial charge < -0.3 is 15.3 Å². The molecule has 1 rings (SSSR count). The lowest BCUT2D eigenvalue weighted by Crippen LogP contribution is -2.40. The minimum atomic E-state index is -0.723. The quantitative estimate of drug-likeness (QED) is 0.352. The molecule has 0 bridgehead atoms. The SMILES string of the molecule is CCNC(=NCC(O)(CC)CC)N(C)Cc1cn(C)nc1C(C)C.I. The highest BCUT2D eigenvalue weighted by molar-refractivity contribution is 14.0. The van der Waals surface area contributed by atoms with Crippen molar-refractivity contribution in [2.75, 3.05) is 20.1 Å². The van der Waals surface area contributed by atoms with E-state index in [0.29, 0.717) is 25.3 Å². The van der Waals surface area contributed by atoms with E-state index in [-0.39, 0.29) is 24.0 Å². The van der Waals surface area contributed by atoms with Gasteiger partial charge in [0.15, 0.2) is 5.96 Å². The number of aliphatic hydroxyl groups is 1. The molecule has 2 N–H and O–H groups in total. The maximum atomic E-state index is 10.5. The highest BCUT2D eigenvalue weighted by Crippen LogP contribution is 2.19. The Bertz CT molecular complexity index is 538. The van der Waals surface area contributed by atoms with Crippen molar-refractivity contribution in [1.29, 1.82) is 0 Å². The molecular formula is C18H36IN5O. The number of guanidine groups is 1. The number of hydrogen-bond acceptors (Lipinski definition) is 3. The number of nitrogens with zero attached hydrogens (tertiary/aromatic N) is 4. The molecule has 0 amide bonds. The second-order valence-corrected chi connectivity index (χ2v) is 6.83. The Morgan fingerprint density at radius 1 is 1.36 bits per heavy atom. The average Bonchev–Trinajstić information content (AvgIpc) is 2.91. The van der Waals surface area contributed by atoms with Crippen LogP contribution in [0.3, 0.4) is 0 Å². The Morgan fingerprint density at radius 2 is 1.96 bits per heavy atom. The van der Waals surface area contributed by atoms with Gasteiger partial charge in [-0.25, -0.2) is 0 Å². The molecule has 0 aliphatic heterocycles. The molecule has 6 nitrogen and oxygen atoms in total. The van der Waals surface area contributed by atoms with Crippen molar-refractivity contribution < 1.29 is 5.11 Å². The van der Waals surface area contributed by atoms with Crippen molar-refractivity contribution in [1.82, 2.24) is 20.0 Å². The van der Waals surface area contributed by atoms with Crippen LogP contribution >= 0.6 is 24.0 Å². The second-order valence-electron chi connectivity index (χ2n) is 6.83. The molecule has 0 aliphatic carbocycles. The molecule has 0 atom stereocenters. The number of rotatable bonds is 8. The predicted molar refractivity (Wildman–Crippen MR) is 116 cm³/mol. The molecule has 0 saturated heterocycles. The first-order valence-corrected chi connectivity index (χ1v) is 9.00. The van der Waals surface area contributed by atoms with Gasteiger partial charge in [0, 0.05) is 38.9 Å². The molecule has 7 heteroatoms. The summed E-state index contributed by atoms with van der Waals surface area (Å²) in [5.41, 5.74) is 1.61. The summed E-state index contributed by atoms with van der Waals surface area (Å²) in [6, 6.07) is 0. The third-order valence-corrected chi connectivity index (χ3v) is 4.43. The van der Waals surface area contributed by atoms with Gasteiger partial charge in [-0.1, -0.05) is 27.7 Å². The fourth-order valence-corrected chi connectivity index (χ4v) is 2.66. The lowest BCUT2D eigenvalue weighted by Gasteiger charge is -2.26. The van der Waals surface area contributed by atoms with E-state index in [2.05, 4.69) is 47.3 Å². The van der Waals surface area contributed by atoms with Crippen molar-refractivity contribution in [3.63, 3.8) is 0 Å². The van der Waals surface area contributed by atoms with Gasteiger partial charge in [-0.3, -0.25) is 9.67 Å². The van der Waals surface area contributed by atoms with Crippen LogP contribution in [-0.4, -0.2) is 51.5 Å². The van der Waals surface area contributed by atoms with Crippen LogP contribution in [0.25, 0.3) is 0 Å². The van der Waals surface area contributed by atoms with Gasteiger partial charge in [0.2, 0.25) is 0 Å². The van der Waals surface area contributed by atoms with Gasteiger partial charge in [-0.2, -0.15) is 5.10 Å². The zero-order valence-corrected chi connectivity index (χ0v) is 19.2. The van der Waals surface area contributed by atoms with Crippen LogP contribution in [0.1, 0.15) is 64.6 Å². The van der Waals surface area contributed by atoms with Crippen LogP contribution in [0.5, 0.6) is 0 Å². The maximum Gasteiger partial charge on any atom is 0.194 e. The van der Waals surface area contributed by atoms with E-state index in [9.17, 15) is 5.11 Å². The van der Waals surface area contributed by atoms with Crippen LogP contribution in [0.4, 0.5) is 0 Å². The average molecular weight is 465 g/mol. The molecule has 0 saturated carbocycles. The fourth-order valence-electron chi connectivity index (χ4n) is 2.66. The standard InChI is InChI=1S/C18H35N5O.HI/c1-8-18(24,9-2)13-20-17(19-10-3)22(6)11-15-12-23(7)21-16(15)14(4)5;/h12,14,24H,8-11,13H2,1-7H3,(H,19,20);1H. The second kappa shape index (κ2) is 11.0. The monoisotopic (exact) mass is 465 g/mol. The molecule has 0 radical (unpaired) electrons. The van der Waals surface area contributed by atoms with E-state index in [1.807, 2.05) is 32.6 Å². The normalized spacial score (nSPS) is 12.3. The fraction of sp³-hybridized carbons (Fsp3) is 0.778. The van der Waals surface area contributed by atoms with Crippen molar-refractivity contribution in [2.45, 2.75) is 65.5 Å². The predicted octanol–water partition coefficient (Wildman–Crippen LogP) is 3.11. The van der Waals surface area contributed by atoms with Crippen LogP contribution in [0.2, 0.25) is 0 Å². The Balaban J connectivity index is 0.00000576. The van der Waals surface area contributed by atoms with Crippen LogP contribution in [-0.2, 0) is 13.6 Å². The van der Waals surface area contributed by atoms with Gasteiger partial charge in [0.1, 0.15) is 0 Å². The first-order valence-electron chi connectivity index (χ1n) is 9.00. The summed E-state index contributed by atoms with van der Waals surface area (Å²) in [6.45, 7) is 12.3. The number of aromatic nitrogens is 2. The van der Waals surface area contributed by atoms with Gasteiger partial charge in [0.25, 0.3) is 0 Å². The van der Waals surface area contributed by atoms with Crippen molar-refractivity contribution >= 4 is 29.9 Å². The van der Waals surface area contributed by atoms with E-state index in [0.717, 1.165) is 24.7 Å². The number of halogens is 1. The van der Waals surface area contributed by atoms with E-state index in [4.69, 9.17) is 0 Å². The van der Waals surface area contributed by atoms with Crippen molar-refractivity contribution in [3.8, 4) is 0 Å². The smallest absolute Gasteiger partial charge is 0.194 e. The molecule has 0 spiro atoms. The zero-order valence-electron chi connectivity index (χ0n) is 16.8. The van der Waals surface area contributed by atoms with E-state index in [1.165, 1.54) is 5.56 Å². The Labute approximate surface area is 170 Å². The summed E-state index contributed by atoms with van der Waals surface area (Å²) in [4.78, 5) is 6.75.